The van der Waals surface area contributed by atoms with E-state index in [1.165, 1.54) is 11.1 Å². The van der Waals surface area contributed by atoms with E-state index in [4.69, 9.17) is 5.11 Å². The monoisotopic (exact) mass is 291 g/mol. The Hall–Kier alpha value is -2.54. The average Bonchev–Trinajstić information content (AvgIpc) is 2.47. The van der Waals surface area contributed by atoms with E-state index in [1.54, 1.807) is 0 Å². The van der Waals surface area contributed by atoms with E-state index in [1.807, 2.05) is 43.3 Å². The van der Waals surface area contributed by atoms with Crippen LogP contribution in [0.4, 0.5) is 0 Å². The Morgan fingerprint density at radius 1 is 0.818 bits per heavy atom. The Bertz CT molecular complexity index is 714. The van der Waals surface area contributed by atoms with Crippen LogP contribution in [0.1, 0.15) is 29.2 Å². The molecule has 1 heteroatoms. The van der Waals surface area contributed by atoms with Gasteiger partial charge < -0.3 is 5.11 Å². The van der Waals surface area contributed by atoms with Crippen molar-refractivity contribution in [1.29, 1.82) is 0 Å². The van der Waals surface area contributed by atoms with Crippen molar-refractivity contribution in [3.05, 3.63) is 95.1 Å². The second-order valence-electron chi connectivity index (χ2n) is 5.74. The van der Waals surface area contributed by atoms with Gasteiger partial charge in [-0.2, -0.15) is 0 Å². The second-order valence-corrected chi connectivity index (χ2v) is 5.74. The topological polar surface area (TPSA) is 22.9 Å². The Kier molecular flexibility index (Phi) is 5.00. The average molecular weight is 291 g/mol. The molecule has 2 aromatic carbocycles. The summed E-state index contributed by atoms with van der Waals surface area (Å²) in [6.45, 7) is 10.1. The van der Waals surface area contributed by atoms with Crippen LogP contribution in [0.5, 0.6) is 0 Å². The van der Waals surface area contributed by atoms with Gasteiger partial charge in [0, 0.05) is 6.08 Å². The maximum Gasteiger partial charge on any atom is 0.261 e. The van der Waals surface area contributed by atoms with E-state index in [2.05, 4.69) is 44.7 Å². The van der Waals surface area contributed by atoms with Crippen molar-refractivity contribution < 1.29 is 5.11 Å². The molecule has 0 amide bonds. The molecule has 1 nitrogen and oxygen atoms in total. The van der Waals surface area contributed by atoms with Crippen molar-refractivity contribution in [3.63, 3.8) is 0 Å². The lowest BCUT2D eigenvalue weighted by Crippen LogP contribution is -1.88. The molecule has 0 aliphatic rings. The summed E-state index contributed by atoms with van der Waals surface area (Å²) in [6, 6.07) is 16.4. The summed E-state index contributed by atoms with van der Waals surface area (Å²) in [5, 5.41) is 8.34. The summed E-state index contributed by atoms with van der Waals surface area (Å²) in [7, 11) is 0. The van der Waals surface area contributed by atoms with E-state index < -0.39 is 0 Å². The molecule has 0 atom stereocenters. The maximum absolute atomic E-state index is 8.34. The molecule has 22 heavy (non-hydrogen) atoms. The zero-order chi connectivity index (χ0) is 16.1. The van der Waals surface area contributed by atoms with Gasteiger partial charge in [0.15, 0.2) is 0 Å². The smallest absolute Gasteiger partial charge is 0.261 e. The first-order valence-electron chi connectivity index (χ1n) is 7.40. The standard InChI is InChI=1S/C21H22O/c1-15(2)13-20(18-9-5-16(3)6-10-18)14-21(22)19-11-7-17(4)8-12-19/h5-14,22H,1H2,2-4H3/p+1/b20-13+,21-14-. The summed E-state index contributed by atoms with van der Waals surface area (Å²) in [5.74, 6) is 0.507. The number of hydrogen-bond donors (Lipinski definition) is 0. The van der Waals surface area contributed by atoms with Gasteiger partial charge in [0.1, 0.15) is 0 Å². The van der Waals surface area contributed by atoms with Crippen molar-refractivity contribution in [2.45, 2.75) is 20.8 Å². The number of aryl methyl sites for hydroxylation is 2. The predicted octanol–water partition coefficient (Wildman–Crippen LogP) is 5.03. The van der Waals surface area contributed by atoms with Crippen molar-refractivity contribution in [1.82, 2.24) is 0 Å². The number of hydrogen-bond acceptors (Lipinski definition) is 0. The summed E-state index contributed by atoms with van der Waals surface area (Å²) < 4.78 is 0. The van der Waals surface area contributed by atoms with Gasteiger partial charge in [-0.3, -0.25) is 0 Å². The van der Waals surface area contributed by atoms with Gasteiger partial charge in [-0.05, 0) is 44.0 Å². The number of benzene rings is 2. The lowest BCUT2D eigenvalue weighted by Gasteiger charge is -2.05. The molecule has 2 rings (SSSR count). The molecule has 0 radical (unpaired) electrons. The highest BCUT2D eigenvalue weighted by atomic mass is 16.3. The molecule has 0 saturated carbocycles. The molecule has 2 N–H and O–H groups in total. The number of rotatable bonds is 4. The zero-order valence-corrected chi connectivity index (χ0v) is 13.5. The fourth-order valence-electron chi connectivity index (χ4n) is 2.19. The van der Waals surface area contributed by atoms with Crippen molar-refractivity contribution in [3.8, 4) is 0 Å². The maximum atomic E-state index is 8.34. The van der Waals surface area contributed by atoms with Crippen LogP contribution in [0, 0.1) is 13.8 Å². The highest BCUT2D eigenvalue weighted by molar-refractivity contribution is 5.82. The van der Waals surface area contributed by atoms with Crippen LogP contribution in [0.15, 0.2) is 72.8 Å². The van der Waals surface area contributed by atoms with Crippen LogP contribution < -0.4 is 0 Å². The molecule has 2 aromatic rings. The van der Waals surface area contributed by atoms with Gasteiger partial charge in [-0.25, -0.2) is 0 Å². The third-order valence-electron chi connectivity index (χ3n) is 3.45. The van der Waals surface area contributed by atoms with Crippen LogP contribution in [0.3, 0.4) is 0 Å². The molecule has 0 saturated heterocycles. The van der Waals surface area contributed by atoms with Crippen LogP contribution >= 0.6 is 0 Å². The summed E-state index contributed by atoms with van der Waals surface area (Å²) in [4.78, 5) is 0. The molecule has 0 aliphatic heterocycles. The fourth-order valence-corrected chi connectivity index (χ4v) is 2.19. The van der Waals surface area contributed by atoms with Crippen LogP contribution in [0.25, 0.3) is 11.3 Å². The van der Waals surface area contributed by atoms with Crippen LogP contribution in [-0.4, -0.2) is 5.11 Å². The first-order valence-corrected chi connectivity index (χ1v) is 7.40. The first-order chi connectivity index (χ1) is 10.5. The third kappa shape index (κ3) is 4.23. The fraction of sp³-hybridized carbons (Fsp3) is 0.143. The third-order valence-corrected chi connectivity index (χ3v) is 3.45. The van der Waals surface area contributed by atoms with Crippen LogP contribution in [0.2, 0.25) is 0 Å². The lowest BCUT2D eigenvalue weighted by atomic mass is 10.00. The van der Waals surface area contributed by atoms with Crippen LogP contribution in [-0.2, 0) is 0 Å². The van der Waals surface area contributed by atoms with Gasteiger partial charge in [-0.1, -0.05) is 65.8 Å². The SMILES string of the molecule is C=C(C)/C=C(\C=C(/[OH2+])c1ccc(C)cc1)c1ccc(C)cc1. The molecule has 0 spiro atoms. The van der Waals surface area contributed by atoms with Crippen molar-refractivity contribution in [2.75, 3.05) is 0 Å². The normalized spacial score (nSPS) is 12.3. The minimum absolute atomic E-state index is 0.507. The molecule has 0 unspecified atom stereocenters. The largest absolute Gasteiger partial charge is 0.593 e. The summed E-state index contributed by atoms with van der Waals surface area (Å²) in [6.07, 6.45) is 3.93. The van der Waals surface area contributed by atoms with Crippen molar-refractivity contribution in [2.24, 2.45) is 0 Å². The lowest BCUT2D eigenvalue weighted by molar-refractivity contribution is 0.512. The molecule has 0 heterocycles. The van der Waals surface area contributed by atoms with Gasteiger partial charge in [-0.15, -0.1) is 0 Å². The zero-order valence-electron chi connectivity index (χ0n) is 13.5. The molecular weight excluding hydrogens is 268 g/mol. The Morgan fingerprint density at radius 3 is 1.73 bits per heavy atom. The van der Waals surface area contributed by atoms with Gasteiger partial charge >= 0.3 is 0 Å². The van der Waals surface area contributed by atoms with E-state index in [9.17, 15) is 0 Å². The van der Waals surface area contributed by atoms with E-state index in [-0.39, 0.29) is 0 Å². The minimum atomic E-state index is 0.507. The highest BCUT2D eigenvalue weighted by Gasteiger charge is 2.07. The van der Waals surface area contributed by atoms with Gasteiger partial charge in [0.05, 0.1) is 5.56 Å². The summed E-state index contributed by atoms with van der Waals surface area (Å²) >= 11 is 0. The van der Waals surface area contributed by atoms with E-state index >= 15 is 0 Å². The van der Waals surface area contributed by atoms with E-state index in [0.717, 1.165) is 22.3 Å². The van der Waals surface area contributed by atoms with Gasteiger partial charge in [0.25, 0.3) is 5.76 Å². The summed E-state index contributed by atoms with van der Waals surface area (Å²) in [5.41, 5.74) is 6.44. The molecule has 0 aliphatic carbocycles. The predicted molar refractivity (Wildman–Crippen MR) is 96.7 cm³/mol. The first kappa shape index (κ1) is 15.8. The minimum Gasteiger partial charge on any atom is -0.593 e. The molecule has 0 bridgehead atoms. The molecule has 0 aromatic heterocycles. The Morgan fingerprint density at radius 2 is 1.27 bits per heavy atom. The molecule has 0 fully saturated rings. The highest BCUT2D eigenvalue weighted by Crippen LogP contribution is 2.23. The number of allylic oxidation sites excluding steroid dienone is 4. The van der Waals surface area contributed by atoms with Gasteiger partial charge in [0.2, 0.25) is 0 Å². The molecular formula is C21H23O+. The quantitative estimate of drug-likeness (QED) is 0.428. The Labute approximate surface area is 132 Å². The second kappa shape index (κ2) is 6.95. The Balaban J connectivity index is 2.42. The molecule has 112 valence electrons. The van der Waals surface area contributed by atoms with E-state index in [0.29, 0.717) is 5.76 Å². The van der Waals surface area contributed by atoms with Crippen molar-refractivity contribution >= 4 is 11.3 Å².